The summed E-state index contributed by atoms with van der Waals surface area (Å²) in [6.45, 7) is 1.03. The molecule has 1 aliphatic rings. The molecule has 0 spiro atoms. The zero-order valence-electron chi connectivity index (χ0n) is 7.52. The van der Waals surface area contributed by atoms with Crippen molar-refractivity contribution in [3.05, 3.63) is 0 Å². The number of hydrogen-bond donors (Lipinski definition) is 0. The molecule has 0 fully saturated rings. The first-order valence-electron chi connectivity index (χ1n) is 1.60. The van der Waals surface area contributed by atoms with Gasteiger partial charge in [0, 0.05) is 12.3 Å². The predicted octanol–water partition coefficient (Wildman–Crippen LogP) is -6.59. The topological polar surface area (TPSA) is 43.9 Å². The van der Waals surface area contributed by atoms with Crippen molar-refractivity contribution in [3.63, 3.8) is 0 Å². The monoisotopic (exact) mass is 225 g/mol. The van der Waals surface area contributed by atoms with Gasteiger partial charge in [-0.15, -0.1) is 11.8 Å². The summed E-state index contributed by atoms with van der Waals surface area (Å²) in [7, 11) is 0. The van der Waals surface area contributed by atoms with E-state index in [-0.39, 0.29) is 93.2 Å². The van der Waals surface area contributed by atoms with Gasteiger partial charge in [-0.1, -0.05) is 0 Å². The maximum Gasteiger partial charge on any atom is 2.00 e. The molecule has 0 aliphatic carbocycles. The van der Waals surface area contributed by atoms with Crippen molar-refractivity contribution in [3.8, 4) is 0 Å². The molecule has 56 valence electrons. The molecule has 7 heteroatoms. The van der Waals surface area contributed by atoms with E-state index in [0.29, 0.717) is 0 Å². The summed E-state index contributed by atoms with van der Waals surface area (Å²) in [6, 6.07) is 0. The largest absolute Gasteiger partial charge is 2.00 e. The van der Waals surface area contributed by atoms with E-state index < -0.39 is 0 Å². The SMILES string of the molecule is C1=NCCS1.O.[Ca+2].[Ca+2].[F-].[F-].[H-].[H-]. The van der Waals surface area contributed by atoms with Crippen molar-refractivity contribution in [2.24, 2.45) is 4.99 Å². The molecule has 0 saturated carbocycles. The van der Waals surface area contributed by atoms with E-state index in [1.807, 2.05) is 5.55 Å². The van der Waals surface area contributed by atoms with Crippen molar-refractivity contribution in [1.29, 1.82) is 0 Å². The van der Waals surface area contributed by atoms with Crippen LogP contribution in [0, 0.1) is 0 Å². The molecule has 0 radical (unpaired) electrons. The summed E-state index contributed by atoms with van der Waals surface area (Å²) in [5.74, 6) is 1.19. The van der Waals surface area contributed by atoms with Crippen LogP contribution in [0.1, 0.15) is 2.85 Å². The van der Waals surface area contributed by atoms with Gasteiger partial charge in [0.25, 0.3) is 0 Å². The summed E-state index contributed by atoms with van der Waals surface area (Å²) in [4.78, 5) is 3.92. The second-order valence-electron chi connectivity index (χ2n) is 0.882. The fourth-order valence-electron chi connectivity index (χ4n) is 0.264. The van der Waals surface area contributed by atoms with Gasteiger partial charge >= 0.3 is 75.5 Å². The van der Waals surface area contributed by atoms with E-state index in [1.165, 1.54) is 5.75 Å². The van der Waals surface area contributed by atoms with Crippen LogP contribution in [0.25, 0.3) is 0 Å². The zero-order valence-corrected chi connectivity index (χ0v) is 10.8. The quantitative estimate of drug-likeness (QED) is 0.378. The minimum atomic E-state index is 0. The van der Waals surface area contributed by atoms with Crippen LogP contribution in [0.2, 0.25) is 0 Å². The third kappa shape index (κ3) is 16.8. The molecule has 10 heavy (non-hydrogen) atoms. The summed E-state index contributed by atoms with van der Waals surface area (Å²) < 4.78 is 0. The van der Waals surface area contributed by atoms with E-state index in [9.17, 15) is 0 Å². The van der Waals surface area contributed by atoms with E-state index in [2.05, 4.69) is 4.99 Å². The third-order valence-electron chi connectivity index (χ3n) is 0.487. The van der Waals surface area contributed by atoms with Crippen molar-refractivity contribution in [2.75, 3.05) is 12.3 Å². The predicted molar refractivity (Wildman–Crippen MR) is 43.2 cm³/mol. The molecule has 0 bridgehead atoms. The molecule has 1 heterocycles. The Morgan fingerprint density at radius 1 is 1.30 bits per heavy atom. The average Bonchev–Trinajstić information content (AvgIpc) is 1.76. The van der Waals surface area contributed by atoms with Crippen LogP contribution < -0.4 is 9.41 Å². The van der Waals surface area contributed by atoms with E-state index in [0.717, 1.165) is 6.54 Å². The summed E-state index contributed by atoms with van der Waals surface area (Å²) in [5.41, 5.74) is 1.90. The van der Waals surface area contributed by atoms with Gasteiger partial charge in [0.1, 0.15) is 0 Å². The Morgan fingerprint density at radius 2 is 1.80 bits per heavy atom. The standard InChI is InChI=1S/C3H5NS.2Ca.2FH.H2O.2H/c1-2-5-3-4-1;;;;;;;/h3H,1-2H2;;;2*1H;1H2;;/q;2*+2;;;;2*-1/p-2. The normalized spacial score (nSPS) is 10.4. The molecule has 2 N–H and O–H groups in total. The molecular formula is C3H9Ca2F2NOS. The first-order valence-corrected chi connectivity index (χ1v) is 2.65. The fraction of sp³-hybridized carbons (Fsp3) is 0.667. The molecule has 0 unspecified atom stereocenters. The summed E-state index contributed by atoms with van der Waals surface area (Å²) >= 11 is 1.78. The maximum absolute atomic E-state index is 3.92. The van der Waals surface area contributed by atoms with Gasteiger partial charge in [0.05, 0.1) is 5.55 Å². The van der Waals surface area contributed by atoms with Gasteiger partial charge in [-0.2, -0.15) is 0 Å². The molecule has 0 aromatic rings. The Bertz CT molecular complexity index is 70.3. The van der Waals surface area contributed by atoms with Gasteiger partial charge in [-0.3, -0.25) is 4.99 Å². The van der Waals surface area contributed by atoms with Crippen LogP contribution in [0.15, 0.2) is 4.99 Å². The van der Waals surface area contributed by atoms with Crippen LogP contribution in [-0.2, 0) is 0 Å². The number of nitrogens with zero attached hydrogens (tertiary/aromatic N) is 1. The van der Waals surface area contributed by atoms with E-state index >= 15 is 0 Å². The maximum atomic E-state index is 3.92. The molecular weight excluding hydrogens is 216 g/mol. The Morgan fingerprint density at radius 3 is 1.90 bits per heavy atom. The molecule has 0 amide bonds. The van der Waals surface area contributed by atoms with Crippen LogP contribution in [-0.4, -0.2) is 98.8 Å². The molecule has 2 nitrogen and oxygen atoms in total. The van der Waals surface area contributed by atoms with Gasteiger partial charge in [-0.25, -0.2) is 0 Å². The second-order valence-corrected chi connectivity index (χ2v) is 1.83. The van der Waals surface area contributed by atoms with Crippen LogP contribution >= 0.6 is 11.8 Å². The van der Waals surface area contributed by atoms with E-state index in [4.69, 9.17) is 0 Å². The molecule has 0 aromatic heterocycles. The summed E-state index contributed by atoms with van der Waals surface area (Å²) in [6.07, 6.45) is 0. The van der Waals surface area contributed by atoms with Crippen LogP contribution in [0.5, 0.6) is 0 Å². The van der Waals surface area contributed by atoms with Crippen molar-refractivity contribution >= 4 is 92.8 Å². The summed E-state index contributed by atoms with van der Waals surface area (Å²) in [5, 5.41) is 0. The minimum absolute atomic E-state index is 0. The number of halogens is 2. The average molecular weight is 225 g/mol. The first-order chi connectivity index (χ1) is 2.50. The van der Waals surface area contributed by atoms with Crippen molar-refractivity contribution < 1.29 is 17.7 Å². The van der Waals surface area contributed by atoms with E-state index in [1.54, 1.807) is 11.8 Å². The Balaban J connectivity index is -0.00000000714. The number of hydrogen-bond acceptors (Lipinski definition) is 2. The van der Waals surface area contributed by atoms with Crippen molar-refractivity contribution in [1.82, 2.24) is 0 Å². The van der Waals surface area contributed by atoms with Gasteiger partial charge in [-0.05, 0) is 0 Å². The number of rotatable bonds is 0. The molecule has 1 rings (SSSR count). The fourth-order valence-corrected chi connectivity index (χ4v) is 0.791. The first kappa shape index (κ1) is 29.4. The Labute approximate surface area is 126 Å². The zero-order chi connectivity index (χ0) is 3.54. The molecule has 0 saturated heterocycles. The number of thioether (sulfide) groups is 1. The molecule has 0 atom stereocenters. The Hall–Kier alpha value is 2.36. The van der Waals surface area contributed by atoms with Gasteiger partial charge in [0.2, 0.25) is 0 Å². The smallest absolute Gasteiger partial charge is 1.00 e. The third-order valence-corrected chi connectivity index (χ3v) is 1.20. The Kier molecular flexibility index (Phi) is 66.3. The number of aliphatic imine (C=N–C) groups is 1. The minimum Gasteiger partial charge on any atom is -1.00 e. The second kappa shape index (κ2) is 22.5. The molecule has 1 aliphatic heterocycles. The molecule has 0 aromatic carbocycles. The van der Waals surface area contributed by atoms with Gasteiger partial charge < -0.3 is 17.7 Å². The van der Waals surface area contributed by atoms with Gasteiger partial charge in [0.15, 0.2) is 0 Å². The van der Waals surface area contributed by atoms with Crippen molar-refractivity contribution in [2.45, 2.75) is 0 Å². The van der Waals surface area contributed by atoms with Crippen LogP contribution in [0.4, 0.5) is 0 Å². The van der Waals surface area contributed by atoms with Crippen LogP contribution in [0.3, 0.4) is 0 Å².